The zero-order chi connectivity index (χ0) is 88.2. The Morgan fingerprint density at radius 2 is 0.632 bits per heavy atom. The number of rotatable bonds is 23. The number of carbonyl (C=O) groups excluding carboxylic acids is 14. The van der Waals surface area contributed by atoms with Crippen LogP contribution in [0.25, 0.3) is 0 Å². The topological polar surface area (TPSA) is 377 Å². The normalized spacial score (nSPS) is 37.3. The van der Waals surface area contributed by atoms with Gasteiger partial charge in [-0.15, -0.1) is 0 Å². The first-order chi connectivity index (χ1) is 57.1. The molecule has 8 aliphatic carbocycles. The van der Waals surface area contributed by atoms with Gasteiger partial charge in [-0.25, -0.2) is 0 Å². The molecule has 36 atom stereocenters. The van der Waals surface area contributed by atoms with E-state index >= 15 is 0 Å². The Morgan fingerprint density at radius 1 is 0.323 bits per heavy atom. The predicted molar refractivity (Wildman–Crippen MR) is 504 cm³/mol. The summed E-state index contributed by atoms with van der Waals surface area (Å²) in [4.78, 5) is 168. The molecule has 18 rings (SSSR count). The maximum atomic E-state index is 12.4. The Hall–Kier alpha value is -7.14. The number of ketones is 2. The van der Waals surface area contributed by atoms with Crippen molar-refractivity contribution in [3.8, 4) is 0 Å². The number of carbonyl (C=O) groups is 14. The molecule has 8 saturated carbocycles. The number of Topliss-reactive ketones (excluding diaryl/α,β-unsaturated/α-hetero) is 2. The Kier molecular flexibility index (Phi) is 44.7. The van der Waals surface area contributed by atoms with Gasteiger partial charge in [-0.2, -0.15) is 0 Å². The van der Waals surface area contributed by atoms with Crippen LogP contribution in [-0.2, 0) is 138 Å². The van der Waals surface area contributed by atoms with Gasteiger partial charge in [0.25, 0.3) is 0 Å². The number of cyclic esters (lactones) is 4. The summed E-state index contributed by atoms with van der Waals surface area (Å²) in [5, 5.41) is 0. The van der Waals surface area contributed by atoms with E-state index in [2.05, 4.69) is 6.92 Å². The Morgan fingerprint density at radius 3 is 0.992 bits per heavy atom. The fourth-order valence-corrected chi connectivity index (χ4v) is 23.2. The van der Waals surface area contributed by atoms with Crippen LogP contribution in [0, 0.1) is 158 Å². The average molecular weight is 1890 g/mol. The van der Waals surface area contributed by atoms with E-state index in [0.29, 0.717) is 93.5 Å². The number of ether oxygens (including phenoxy) is 15. The summed E-state index contributed by atoms with van der Waals surface area (Å²) in [5.41, 5.74) is -1.94. The molecule has 10 heterocycles. The standard InChI is InChI=1S/C16H22O6.C16H24O5.C16H24O4.C15H20O6.C15H22O4.C14H20O4.12CH4/c1-5-7(17)8-9-11-12(21-14(9)18)13(10(8)20-11)22-15(19)16(3,4)6-2;1-5-16(2,3)15(18)21-13-8-6-9(12(13)19-4)11-10(8)7-20-14(11)17;1-5-16(3,4)15(18)20-13-8(2)9-6-10(13)11-7-19-14(17)12(9)11;1-4-6(3)14(17)20-12-10-8(7(16)5-2)9-11(19-10)13(12)21-15(9)18;1-4-15(2,3)14(17)19-11-6-8-5-9(11)10-7-18-13(16)12(8)10;1-3-7(2)13(15)18-11-5-8-4-9(11)10-6-17-14(16)12(8)10;;;;;;;;;;;;/h8-13H,5-6H2,1-4H3;8-13H,5-7H2,1-4H3;8-13H,5-7H2,1-4H3;6,8-13H,4-5H2,1-3H3;8-12H,4-7H2,1-3H3;7-12H,3-6H2,1-2H3;12*1H4. The largest absolute Gasteiger partial charge is 0.465 e. The first-order valence-corrected chi connectivity index (χ1v) is 45.3. The molecular formula is C104H180O29. The minimum absolute atomic E-state index is 0. The van der Waals surface area contributed by atoms with Crippen LogP contribution in [0.2, 0.25) is 0 Å². The smallest absolute Gasteiger partial charge is 0.313 e. The Balaban J connectivity index is 0.000000785. The van der Waals surface area contributed by atoms with Crippen LogP contribution in [0.15, 0.2) is 0 Å². The highest BCUT2D eigenvalue weighted by Gasteiger charge is 2.74. The SMILES string of the molecule is C.C.C.C.C.C.C.C.C.C.C.C.CCC(=O)C1C2OC3C(OC(=O)C31)C2OC(=O)C(C)(C)CC.CCC(=O)C1C2OC3C(OC(=O)C31)C2OC(=O)C(C)CC.CCC(C)(C)C(=O)OC1C(C)C2CC1C1COC(=O)C21.CCC(C)(C)C(=O)OC1C2CC(C1OC)C1C(=O)OCC21.CCC(C)(C)C(=O)OC1CC2CC1C1COC(=O)C21.CCC(C)C(=O)OC1CC2CC1C1COC(=O)C21. The highest BCUT2D eigenvalue weighted by Crippen LogP contribution is 2.62. The van der Waals surface area contributed by atoms with Crippen LogP contribution in [0.3, 0.4) is 0 Å². The van der Waals surface area contributed by atoms with Crippen LogP contribution in [0.5, 0.6) is 0 Å². The fourth-order valence-electron chi connectivity index (χ4n) is 23.2. The molecule has 29 heteroatoms. The lowest BCUT2D eigenvalue weighted by molar-refractivity contribution is -0.175. The van der Waals surface area contributed by atoms with E-state index in [4.69, 9.17) is 71.1 Å². The summed E-state index contributed by atoms with van der Waals surface area (Å²) < 4.78 is 82.6. The van der Waals surface area contributed by atoms with Gasteiger partial charge < -0.3 is 71.1 Å². The minimum atomic E-state index is -0.675. The molecule has 0 aromatic carbocycles. The fraction of sp³-hybridized carbons (Fsp3) is 0.865. The second-order valence-corrected chi connectivity index (χ2v) is 40.4. The van der Waals surface area contributed by atoms with Gasteiger partial charge in [0.05, 0.1) is 113 Å². The Bertz CT molecular complexity index is 3990. The van der Waals surface area contributed by atoms with Crippen molar-refractivity contribution >= 4 is 83.2 Å². The first kappa shape index (κ1) is 124. The third kappa shape index (κ3) is 22.3. The molecular weight excluding hydrogens is 1710 g/mol. The van der Waals surface area contributed by atoms with E-state index in [9.17, 15) is 67.1 Å². The van der Waals surface area contributed by atoms with Gasteiger partial charge in [-0.1, -0.05) is 165 Å². The molecule has 770 valence electrons. The first-order valence-electron chi connectivity index (χ1n) is 45.3. The predicted octanol–water partition coefficient (Wildman–Crippen LogP) is 17.9. The number of hydrogen-bond donors (Lipinski definition) is 0. The number of fused-ring (bicyclic) bond motifs is 22. The van der Waals surface area contributed by atoms with Gasteiger partial charge >= 0.3 is 71.6 Å². The zero-order valence-corrected chi connectivity index (χ0v) is 74.4. The molecule has 0 N–H and O–H groups in total. The molecule has 0 aromatic heterocycles. The second-order valence-electron chi connectivity index (χ2n) is 40.4. The summed E-state index contributed by atoms with van der Waals surface area (Å²) >= 11 is 0. The number of hydrogen-bond acceptors (Lipinski definition) is 29. The summed E-state index contributed by atoms with van der Waals surface area (Å²) in [6.07, 6.45) is 5.82. The van der Waals surface area contributed by atoms with Gasteiger partial charge in [0, 0.05) is 73.2 Å². The van der Waals surface area contributed by atoms with E-state index in [0.717, 1.165) is 64.2 Å². The van der Waals surface area contributed by atoms with Crippen LogP contribution < -0.4 is 0 Å². The van der Waals surface area contributed by atoms with E-state index < -0.39 is 106 Å². The minimum Gasteiger partial charge on any atom is -0.465 e. The number of esters is 12. The molecule has 18 aliphatic rings. The van der Waals surface area contributed by atoms with E-state index in [-0.39, 0.29) is 262 Å². The van der Waals surface area contributed by atoms with Crippen molar-refractivity contribution in [1.29, 1.82) is 0 Å². The summed E-state index contributed by atoms with van der Waals surface area (Å²) in [5.74, 6) is -0.752. The van der Waals surface area contributed by atoms with Crippen molar-refractivity contribution in [1.82, 2.24) is 0 Å². The lowest BCUT2D eigenvalue weighted by Crippen LogP contribution is -2.48. The molecule has 12 bridgehead atoms. The monoisotopic (exact) mass is 1890 g/mol. The molecule has 29 nitrogen and oxygen atoms in total. The molecule has 0 aromatic rings. The van der Waals surface area contributed by atoms with Crippen LogP contribution in [0.4, 0.5) is 0 Å². The van der Waals surface area contributed by atoms with Crippen LogP contribution in [0.1, 0.15) is 311 Å². The zero-order valence-electron chi connectivity index (χ0n) is 74.4. The maximum Gasteiger partial charge on any atom is 0.313 e. The quantitative estimate of drug-likeness (QED) is 0.0677. The van der Waals surface area contributed by atoms with E-state index in [1.54, 1.807) is 27.9 Å². The van der Waals surface area contributed by atoms with Crippen molar-refractivity contribution in [3.63, 3.8) is 0 Å². The maximum absolute atomic E-state index is 12.4. The van der Waals surface area contributed by atoms with Crippen molar-refractivity contribution in [2.75, 3.05) is 33.5 Å². The third-order valence-corrected chi connectivity index (χ3v) is 32.6. The number of methoxy groups -OCH3 is 1. The van der Waals surface area contributed by atoms with Crippen LogP contribution in [-0.4, -0.2) is 196 Å². The highest BCUT2D eigenvalue weighted by molar-refractivity contribution is 5.92. The van der Waals surface area contributed by atoms with Gasteiger partial charge in [0.15, 0.2) is 24.4 Å². The van der Waals surface area contributed by atoms with Crippen LogP contribution >= 0.6 is 0 Å². The van der Waals surface area contributed by atoms with Crippen molar-refractivity contribution in [2.24, 2.45) is 158 Å². The van der Waals surface area contributed by atoms with E-state index in [1.165, 1.54) is 0 Å². The molecule has 10 saturated heterocycles. The summed E-state index contributed by atoms with van der Waals surface area (Å²) in [7, 11) is 1.63. The van der Waals surface area contributed by atoms with E-state index in [1.807, 2.05) is 104 Å². The summed E-state index contributed by atoms with van der Waals surface area (Å²) in [6.45, 7) is 38.3. The van der Waals surface area contributed by atoms with Gasteiger partial charge in [0.2, 0.25) is 0 Å². The molecule has 18 fully saturated rings. The summed E-state index contributed by atoms with van der Waals surface area (Å²) in [6, 6.07) is 0. The third-order valence-electron chi connectivity index (χ3n) is 32.6. The Labute approximate surface area is 798 Å². The highest BCUT2D eigenvalue weighted by atomic mass is 16.7. The van der Waals surface area contributed by atoms with Gasteiger partial charge in [-0.3, -0.25) is 67.1 Å². The van der Waals surface area contributed by atoms with Crippen molar-refractivity contribution in [3.05, 3.63) is 0 Å². The van der Waals surface area contributed by atoms with Gasteiger partial charge in [0.1, 0.15) is 60.4 Å². The molecule has 0 radical (unpaired) electrons. The van der Waals surface area contributed by atoms with Gasteiger partial charge in [-0.05, 0) is 156 Å². The molecule has 133 heavy (non-hydrogen) atoms. The molecule has 10 aliphatic heterocycles. The lowest BCUT2D eigenvalue weighted by Gasteiger charge is -2.36. The average Bonchev–Trinajstić information content (AvgIpc) is 1.56. The van der Waals surface area contributed by atoms with Crippen molar-refractivity contribution in [2.45, 2.75) is 390 Å². The lowest BCUT2D eigenvalue weighted by atomic mass is 9.74. The molecule has 0 amide bonds. The molecule has 0 spiro atoms. The molecule has 36 unspecified atom stereocenters. The second kappa shape index (κ2) is 48.0. The van der Waals surface area contributed by atoms with Crippen molar-refractivity contribution < 1.29 is 138 Å².